The van der Waals surface area contributed by atoms with Crippen LogP contribution in [-0.2, 0) is 0 Å². The molecule has 0 aliphatic heterocycles. The summed E-state index contributed by atoms with van der Waals surface area (Å²) in [6, 6.07) is 12.3. The zero-order chi connectivity index (χ0) is 14.5. The molecule has 0 spiro atoms. The Labute approximate surface area is 120 Å². The lowest BCUT2D eigenvalue weighted by molar-refractivity contribution is 0.0698. The van der Waals surface area contributed by atoms with Crippen molar-refractivity contribution in [2.24, 2.45) is 0 Å². The molecule has 3 N–H and O–H groups in total. The Balaban J connectivity index is 2.13. The van der Waals surface area contributed by atoms with E-state index in [1.165, 1.54) is 12.1 Å². The number of benzene rings is 2. The van der Waals surface area contributed by atoms with Crippen LogP contribution in [0.2, 0.25) is 5.02 Å². The first-order chi connectivity index (χ1) is 9.58. The number of amides is 2. The number of rotatable bonds is 3. The summed E-state index contributed by atoms with van der Waals surface area (Å²) in [6.07, 6.45) is 0. The van der Waals surface area contributed by atoms with E-state index >= 15 is 0 Å². The first-order valence-corrected chi connectivity index (χ1v) is 6.10. The Kier molecular flexibility index (Phi) is 4.22. The van der Waals surface area contributed by atoms with Gasteiger partial charge in [-0.15, -0.1) is 0 Å². The van der Waals surface area contributed by atoms with Crippen LogP contribution in [0.15, 0.2) is 48.5 Å². The lowest BCUT2D eigenvalue weighted by Crippen LogP contribution is -2.21. The standard InChI is InChI=1S/C14H11ClN2O3/c15-10-6-2-4-8-12(10)17-14(20)16-11-7-3-1-5-9(11)13(18)19/h1-8H,(H,18,19)(H2,16,17,20). The number of urea groups is 1. The van der Waals surface area contributed by atoms with Crippen molar-refractivity contribution < 1.29 is 14.7 Å². The van der Waals surface area contributed by atoms with Crippen molar-refractivity contribution in [2.45, 2.75) is 0 Å². The molecule has 0 aliphatic carbocycles. The van der Waals surface area contributed by atoms with Crippen molar-refractivity contribution in [1.29, 1.82) is 0 Å². The largest absolute Gasteiger partial charge is 0.478 e. The molecule has 0 unspecified atom stereocenters. The number of halogens is 1. The van der Waals surface area contributed by atoms with Gasteiger partial charge in [0.1, 0.15) is 0 Å². The highest BCUT2D eigenvalue weighted by atomic mass is 35.5. The molecule has 0 aliphatic rings. The van der Waals surface area contributed by atoms with E-state index in [0.717, 1.165) is 0 Å². The molecule has 0 saturated heterocycles. The summed E-state index contributed by atoms with van der Waals surface area (Å²) in [4.78, 5) is 22.9. The Morgan fingerprint density at radius 3 is 2.10 bits per heavy atom. The van der Waals surface area contributed by atoms with Crippen LogP contribution in [0.3, 0.4) is 0 Å². The first kappa shape index (κ1) is 13.9. The van der Waals surface area contributed by atoms with Gasteiger partial charge in [0, 0.05) is 0 Å². The van der Waals surface area contributed by atoms with Crippen LogP contribution in [0.5, 0.6) is 0 Å². The van der Waals surface area contributed by atoms with Gasteiger partial charge in [0.05, 0.1) is 22.0 Å². The molecule has 2 aromatic carbocycles. The van der Waals surface area contributed by atoms with Crippen molar-refractivity contribution in [2.75, 3.05) is 10.6 Å². The predicted octanol–water partition coefficient (Wildman–Crippen LogP) is 3.68. The van der Waals surface area contributed by atoms with Crippen molar-refractivity contribution in [3.63, 3.8) is 0 Å². The third-order valence-corrected chi connectivity index (χ3v) is 2.86. The molecular weight excluding hydrogens is 280 g/mol. The maximum absolute atomic E-state index is 11.8. The molecule has 2 aromatic rings. The Morgan fingerprint density at radius 1 is 0.900 bits per heavy atom. The number of nitrogens with one attached hydrogen (secondary N) is 2. The Morgan fingerprint density at radius 2 is 1.45 bits per heavy atom. The van der Waals surface area contributed by atoms with Crippen LogP contribution >= 0.6 is 11.6 Å². The lowest BCUT2D eigenvalue weighted by Gasteiger charge is -2.10. The maximum Gasteiger partial charge on any atom is 0.337 e. The molecule has 0 atom stereocenters. The van der Waals surface area contributed by atoms with Gasteiger partial charge in [0.25, 0.3) is 0 Å². The van der Waals surface area contributed by atoms with Crippen LogP contribution in [0.4, 0.5) is 16.2 Å². The molecule has 0 fully saturated rings. The quantitative estimate of drug-likeness (QED) is 0.807. The van der Waals surface area contributed by atoms with Crippen molar-refractivity contribution in [3.05, 3.63) is 59.1 Å². The highest BCUT2D eigenvalue weighted by molar-refractivity contribution is 6.33. The summed E-state index contributed by atoms with van der Waals surface area (Å²) in [5, 5.41) is 14.4. The Hall–Kier alpha value is -2.53. The normalized spacial score (nSPS) is 9.85. The molecule has 0 bridgehead atoms. The molecule has 0 heterocycles. The van der Waals surface area contributed by atoms with Gasteiger partial charge in [-0.3, -0.25) is 0 Å². The van der Waals surface area contributed by atoms with Crippen LogP contribution in [0.25, 0.3) is 0 Å². The molecule has 6 heteroatoms. The fraction of sp³-hybridized carbons (Fsp3) is 0. The highest BCUT2D eigenvalue weighted by Crippen LogP contribution is 2.21. The average molecular weight is 291 g/mol. The van der Waals surface area contributed by atoms with E-state index in [0.29, 0.717) is 10.7 Å². The third kappa shape index (κ3) is 3.27. The SMILES string of the molecule is O=C(Nc1ccccc1Cl)Nc1ccccc1C(=O)O. The molecule has 102 valence electrons. The number of hydrogen-bond donors (Lipinski definition) is 3. The van der Waals surface area contributed by atoms with E-state index in [9.17, 15) is 9.59 Å². The van der Waals surface area contributed by atoms with Gasteiger partial charge in [0.2, 0.25) is 0 Å². The highest BCUT2D eigenvalue weighted by Gasteiger charge is 2.12. The van der Waals surface area contributed by atoms with Gasteiger partial charge < -0.3 is 15.7 Å². The summed E-state index contributed by atoms with van der Waals surface area (Å²) in [5.41, 5.74) is 0.672. The number of carboxylic acids is 1. The lowest BCUT2D eigenvalue weighted by atomic mass is 10.2. The van der Waals surface area contributed by atoms with Gasteiger partial charge in [-0.05, 0) is 24.3 Å². The van der Waals surface area contributed by atoms with Crippen molar-refractivity contribution >= 4 is 35.0 Å². The zero-order valence-electron chi connectivity index (χ0n) is 10.3. The molecule has 2 amide bonds. The smallest absolute Gasteiger partial charge is 0.337 e. The second-order valence-corrected chi connectivity index (χ2v) is 4.32. The van der Waals surface area contributed by atoms with Gasteiger partial charge in [-0.25, -0.2) is 9.59 Å². The van der Waals surface area contributed by atoms with E-state index in [2.05, 4.69) is 10.6 Å². The van der Waals surface area contributed by atoms with Crippen LogP contribution in [0.1, 0.15) is 10.4 Å². The number of para-hydroxylation sites is 2. The van der Waals surface area contributed by atoms with E-state index in [1.807, 2.05) is 0 Å². The van der Waals surface area contributed by atoms with E-state index < -0.39 is 12.0 Å². The number of carboxylic acid groups (broad SMARTS) is 1. The number of aromatic carboxylic acids is 1. The van der Waals surface area contributed by atoms with Crippen molar-refractivity contribution in [3.8, 4) is 0 Å². The minimum Gasteiger partial charge on any atom is -0.478 e. The number of anilines is 2. The fourth-order valence-corrected chi connectivity index (χ4v) is 1.80. The van der Waals surface area contributed by atoms with Crippen LogP contribution < -0.4 is 10.6 Å². The maximum atomic E-state index is 11.8. The fourth-order valence-electron chi connectivity index (χ4n) is 1.62. The second-order valence-electron chi connectivity index (χ2n) is 3.91. The number of carbonyl (C=O) groups excluding carboxylic acids is 1. The van der Waals surface area contributed by atoms with Gasteiger partial charge in [0.15, 0.2) is 0 Å². The van der Waals surface area contributed by atoms with Crippen LogP contribution in [0, 0.1) is 0 Å². The molecule has 0 radical (unpaired) electrons. The average Bonchev–Trinajstić information content (AvgIpc) is 2.41. The monoisotopic (exact) mass is 290 g/mol. The minimum atomic E-state index is -1.11. The minimum absolute atomic E-state index is 0.0156. The van der Waals surface area contributed by atoms with Gasteiger partial charge in [-0.2, -0.15) is 0 Å². The topological polar surface area (TPSA) is 78.4 Å². The summed E-state index contributed by atoms with van der Waals surface area (Å²) in [5.74, 6) is -1.11. The predicted molar refractivity (Wildman–Crippen MR) is 77.5 cm³/mol. The molecule has 0 saturated carbocycles. The molecule has 20 heavy (non-hydrogen) atoms. The Bertz CT molecular complexity index is 658. The van der Waals surface area contributed by atoms with Crippen LogP contribution in [-0.4, -0.2) is 17.1 Å². The first-order valence-electron chi connectivity index (χ1n) is 5.73. The summed E-state index contributed by atoms with van der Waals surface area (Å²) in [7, 11) is 0. The summed E-state index contributed by atoms with van der Waals surface area (Å²) >= 11 is 5.92. The molecule has 2 rings (SSSR count). The third-order valence-electron chi connectivity index (χ3n) is 2.53. The van der Waals surface area contributed by atoms with E-state index in [-0.39, 0.29) is 11.3 Å². The van der Waals surface area contributed by atoms with Crippen molar-refractivity contribution in [1.82, 2.24) is 0 Å². The zero-order valence-corrected chi connectivity index (χ0v) is 11.0. The summed E-state index contributed by atoms with van der Waals surface area (Å²) < 4.78 is 0. The molecule has 0 aromatic heterocycles. The number of hydrogen-bond acceptors (Lipinski definition) is 2. The molecule has 5 nitrogen and oxygen atoms in total. The number of carbonyl (C=O) groups is 2. The molecular formula is C14H11ClN2O3. The van der Waals surface area contributed by atoms with Gasteiger partial charge in [-0.1, -0.05) is 35.9 Å². The van der Waals surface area contributed by atoms with E-state index in [1.54, 1.807) is 36.4 Å². The summed E-state index contributed by atoms with van der Waals surface area (Å²) in [6.45, 7) is 0. The van der Waals surface area contributed by atoms with Gasteiger partial charge >= 0.3 is 12.0 Å². The van der Waals surface area contributed by atoms with E-state index in [4.69, 9.17) is 16.7 Å². The second kappa shape index (κ2) is 6.08.